The van der Waals surface area contributed by atoms with Gasteiger partial charge in [0.15, 0.2) is 5.16 Å². The molecule has 0 unspecified atom stereocenters. The Balaban J connectivity index is 2.38. The van der Waals surface area contributed by atoms with Gasteiger partial charge in [0.25, 0.3) is 0 Å². The largest absolute Gasteiger partial charge is 0.274 e. The fourth-order valence-electron chi connectivity index (χ4n) is 1.77. The van der Waals surface area contributed by atoms with Crippen molar-refractivity contribution in [2.45, 2.75) is 32.9 Å². The van der Waals surface area contributed by atoms with Gasteiger partial charge in [0.2, 0.25) is 0 Å². The van der Waals surface area contributed by atoms with Crippen LogP contribution in [-0.2, 0) is 0 Å². The minimum Gasteiger partial charge on any atom is -0.274 e. The van der Waals surface area contributed by atoms with Gasteiger partial charge in [0.05, 0.1) is 5.69 Å². The SMILES string of the molecule is Cc1ccccc1-n1c(C)nnc1SCC(C)C. The minimum absolute atomic E-state index is 0.650. The molecule has 0 aliphatic rings. The summed E-state index contributed by atoms with van der Waals surface area (Å²) in [5.74, 6) is 2.65. The van der Waals surface area contributed by atoms with Crippen molar-refractivity contribution in [1.29, 1.82) is 0 Å². The summed E-state index contributed by atoms with van der Waals surface area (Å²) in [5, 5.41) is 9.47. The van der Waals surface area contributed by atoms with Crippen LogP contribution in [0.1, 0.15) is 25.2 Å². The summed E-state index contributed by atoms with van der Waals surface area (Å²) >= 11 is 1.77. The maximum Gasteiger partial charge on any atom is 0.195 e. The Kier molecular flexibility index (Phi) is 4.07. The Bertz CT molecular complexity index is 532. The molecule has 0 saturated carbocycles. The zero-order valence-corrected chi connectivity index (χ0v) is 12.2. The minimum atomic E-state index is 0.650. The molecule has 1 heterocycles. The average molecular weight is 261 g/mol. The molecule has 0 saturated heterocycles. The quantitative estimate of drug-likeness (QED) is 0.787. The standard InChI is InChI=1S/C14H19N3S/c1-10(2)9-18-14-16-15-12(4)17(14)13-8-6-5-7-11(13)3/h5-8,10H,9H2,1-4H3. The topological polar surface area (TPSA) is 30.7 Å². The smallest absolute Gasteiger partial charge is 0.195 e. The predicted molar refractivity (Wildman–Crippen MR) is 76.4 cm³/mol. The molecule has 0 bridgehead atoms. The van der Waals surface area contributed by atoms with Crippen LogP contribution in [0.4, 0.5) is 0 Å². The Labute approximate surface area is 113 Å². The van der Waals surface area contributed by atoms with Crippen molar-refractivity contribution < 1.29 is 0 Å². The van der Waals surface area contributed by atoms with Gasteiger partial charge in [-0.15, -0.1) is 10.2 Å². The molecule has 0 amide bonds. The van der Waals surface area contributed by atoms with Gasteiger partial charge in [0.1, 0.15) is 5.82 Å². The number of rotatable bonds is 4. The molecule has 3 nitrogen and oxygen atoms in total. The van der Waals surface area contributed by atoms with E-state index in [-0.39, 0.29) is 0 Å². The lowest BCUT2D eigenvalue weighted by Crippen LogP contribution is -2.02. The van der Waals surface area contributed by atoms with E-state index in [1.54, 1.807) is 11.8 Å². The summed E-state index contributed by atoms with van der Waals surface area (Å²) in [6, 6.07) is 8.34. The highest BCUT2D eigenvalue weighted by molar-refractivity contribution is 7.99. The van der Waals surface area contributed by atoms with Gasteiger partial charge in [-0.2, -0.15) is 0 Å². The number of nitrogens with zero attached hydrogens (tertiary/aromatic N) is 3. The van der Waals surface area contributed by atoms with E-state index in [2.05, 4.69) is 59.8 Å². The van der Waals surface area contributed by atoms with E-state index < -0.39 is 0 Å². The zero-order chi connectivity index (χ0) is 13.1. The summed E-state index contributed by atoms with van der Waals surface area (Å²) in [7, 11) is 0. The van der Waals surface area contributed by atoms with E-state index in [4.69, 9.17) is 0 Å². The number of thioether (sulfide) groups is 1. The fraction of sp³-hybridized carbons (Fsp3) is 0.429. The van der Waals surface area contributed by atoms with Crippen LogP contribution >= 0.6 is 11.8 Å². The van der Waals surface area contributed by atoms with E-state index in [9.17, 15) is 0 Å². The highest BCUT2D eigenvalue weighted by Crippen LogP contribution is 2.25. The van der Waals surface area contributed by atoms with Crippen LogP contribution < -0.4 is 0 Å². The highest BCUT2D eigenvalue weighted by Gasteiger charge is 2.13. The monoisotopic (exact) mass is 261 g/mol. The first kappa shape index (κ1) is 13.1. The van der Waals surface area contributed by atoms with Crippen LogP contribution in [0.2, 0.25) is 0 Å². The molecule has 4 heteroatoms. The Morgan fingerprint density at radius 2 is 1.89 bits per heavy atom. The number of hydrogen-bond donors (Lipinski definition) is 0. The van der Waals surface area contributed by atoms with Crippen molar-refractivity contribution in [3.63, 3.8) is 0 Å². The molecule has 0 N–H and O–H groups in total. The molecular formula is C14H19N3S. The second-order valence-electron chi connectivity index (χ2n) is 4.86. The first-order chi connectivity index (χ1) is 8.59. The first-order valence-corrected chi connectivity index (χ1v) is 7.19. The second-order valence-corrected chi connectivity index (χ2v) is 5.84. The average Bonchev–Trinajstić information content (AvgIpc) is 2.69. The molecule has 0 radical (unpaired) electrons. The van der Waals surface area contributed by atoms with Gasteiger partial charge in [0, 0.05) is 5.75 Å². The number of hydrogen-bond acceptors (Lipinski definition) is 3. The summed E-state index contributed by atoms with van der Waals surface area (Å²) in [4.78, 5) is 0. The lowest BCUT2D eigenvalue weighted by molar-refractivity contribution is 0.745. The van der Waals surface area contributed by atoms with Gasteiger partial charge in [-0.1, -0.05) is 43.8 Å². The van der Waals surface area contributed by atoms with Crippen molar-refractivity contribution in [3.05, 3.63) is 35.7 Å². The number of aryl methyl sites for hydroxylation is 2. The summed E-state index contributed by atoms with van der Waals surface area (Å²) in [5.41, 5.74) is 2.41. The maximum atomic E-state index is 4.28. The lowest BCUT2D eigenvalue weighted by atomic mass is 10.2. The summed E-state index contributed by atoms with van der Waals surface area (Å²) in [6.07, 6.45) is 0. The van der Waals surface area contributed by atoms with E-state index in [1.807, 2.05) is 6.92 Å². The third kappa shape index (κ3) is 2.75. The van der Waals surface area contributed by atoms with Gasteiger partial charge >= 0.3 is 0 Å². The van der Waals surface area contributed by atoms with Gasteiger partial charge in [-0.05, 0) is 31.4 Å². The molecule has 0 fully saturated rings. The number of para-hydroxylation sites is 1. The molecule has 1 aromatic heterocycles. The normalized spacial score (nSPS) is 11.2. The lowest BCUT2D eigenvalue weighted by Gasteiger charge is -2.11. The zero-order valence-electron chi connectivity index (χ0n) is 11.3. The Hall–Kier alpha value is -1.29. The predicted octanol–water partition coefficient (Wildman–Crippen LogP) is 3.63. The molecule has 0 spiro atoms. The molecule has 1 aromatic carbocycles. The third-order valence-electron chi connectivity index (χ3n) is 2.70. The van der Waals surface area contributed by atoms with Crippen molar-refractivity contribution in [3.8, 4) is 5.69 Å². The molecule has 2 rings (SSSR count). The maximum absolute atomic E-state index is 4.28. The van der Waals surface area contributed by atoms with Crippen LogP contribution in [0.25, 0.3) is 5.69 Å². The van der Waals surface area contributed by atoms with Crippen molar-refractivity contribution in [2.75, 3.05) is 5.75 Å². The molecule has 96 valence electrons. The molecule has 0 atom stereocenters. The van der Waals surface area contributed by atoms with Crippen LogP contribution in [-0.4, -0.2) is 20.5 Å². The van der Waals surface area contributed by atoms with Crippen LogP contribution in [0.5, 0.6) is 0 Å². The number of benzene rings is 1. The first-order valence-electron chi connectivity index (χ1n) is 6.20. The summed E-state index contributed by atoms with van der Waals surface area (Å²) < 4.78 is 2.14. The van der Waals surface area contributed by atoms with E-state index >= 15 is 0 Å². The van der Waals surface area contributed by atoms with E-state index in [1.165, 1.54) is 11.3 Å². The molecule has 0 aliphatic carbocycles. The van der Waals surface area contributed by atoms with Gasteiger partial charge < -0.3 is 0 Å². The summed E-state index contributed by atoms with van der Waals surface area (Å²) in [6.45, 7) is 8.55. The van der Waals surface area contributed by atoms with E-state index in [0.29, 0.717) is 5.92 Å². The van der Waals surface area contributed by atoms with Crippen molar-refractivity contribution in [2.24, 2.45) is 5.92 Å². The van der Waals surface area contributed by atoms with Crippen LogP contribution in [0.15, 0.2) is 29.4 Å². The number of aromatic nitrogens is 3. The molecular weight excluding hydrogens is 242 g/mol. The Morgan fingerprint density at radius 1 is 1.17 bits per heavy atom. The Morgan fingerprint density at radius 3 is 2.56 bits per heavy atom. The van der Waals surface area contributed by atoms with E-state index in [0.717, 1.165) is 16.7 Å². The van der Waals surface area contributed by atoms with Crippen molar-refractivity contribution >= 4 is 11.8 Å². The molecule has 2 aromatic rings. The second kappa shape index (κ2) is 5.57. The van der Waals surface area contributed by atoms with Crippen LogP contribution in [0, 0.1) is 19.8 Å². The molecule has 0 aliphatic heterocycles. The van der Waals surface area contributed by atoms with Gasteiger partial charge in [-0.25, -0.2) is 0 Å². The third-order valence-corrected chi connectivity index (χ3v) is 4.05. The fourth-order valence-corrected chi connectivity index (χ4v) is 2.71. The highest BCUT2D eigenvalue weighted by atomic mass is 32.2. The molecule has 18 heavy (non-hydrogen) atoms. The van der Waals surface area contributed by atoms with Crippen molar-refractivity contribution in [1.82, 2.24) is 14.8 Å². The van der Waals surface area contributed by atoms with Crippen LogP contribution in [0.3, 0.4) is 0 Å². The van der Waals surface area contributed by atoms with Gasteiger partial charge in [-0.3, -0.25) is 4.57 Å².